The van der Waals surface area contributed by atoms with Crippen LogP contribution in [-0.4, -0.2) is 11.8 Å². The van der Waals surface area contributed by atoms with E-state index in [0.29, 0.717) is 23.4 Å². The van der Waals surface area contributed by atoms with Gasteiger partial charge in [-0.25, -0.2) is 0 Å². The Morgan fingerprint density at radius 3 is 2.30 bits per heavy atom. The van der Waals surface area contributed by atoms with Crippen molar-refractivity contribution in [3.8, 4) is 11.1 Å². The quantitative estimate of drug-likeness (QED) is 0.728. The zero-order chi connectivity index (χ0) is 19.0. The molecule has 0 radical (unpaired) electrons. The fraction of sp³-hybridized carbons (Fsp3) is 0.130. The van der Waals surface area contributed by atoms with Crippen molar-refractivity contribution in [1.29, 1.82) is 0 Å². The molecule has 0 fully saturated rings. The molecule has 4 nitrogen and oxygen atoms in total. The third-order valence-electron chi connectivity index (χ3n) is 5.00. The van der Waals surface area contributed by atoms with Gasteiger partial charge in [0.25, 0.3) is 11.8 Å². The summed E-state index contributed by atoms with van der Waals surface area (Å²) in [5, 5.41) is 5.79. The van der Waals surface area contributed by atoms with E-state index in [-0.39, 0.29) is 11.8 Å². The number of nitrogens with one attached hydrogen (secondary N) is 2. The van der Waals surface area contributed by atoms with Crippen molar-refractivity contribution in [2.24, 2.45) is 0 Å². The number of aryl methyl sites for hydroxylation is 2. The smallest absolute Gasteiger partial charge is 0.255 e. The van der Waals surface area contributed by atoms with Crippen LogP contribution in [0.3, 0.4) is 0 Å². The number of rotatable bonds is 3. The van der Waals surface area contributed by atoms with Gasteiger partial charge in [-0.05, 0) is 59.9 Å². The molecule has 0 unspecified atom stereocenters. The summed E-state index contributed by atoms with van der Waals surface area (Å²) < 4.78 is 0. The highest BCUT2D eigenvalue weighted by atomic mass is 16.2. The van der Waals surface area contributed by atoms with E-state index in [2.05, 4.69) is 36.6 Å². The summed E-state index contributed by atoms with van der Waals surface area (Å²) in [6, 6.07) is 19.0. The molecule has 0 aromatic heterocycles. The van der Waals surface area contributed by atoms with Gasteiger partial charge in [-0.15, -0.1) is 0 Å². The predicted molar refractivity (Wildman–Crippen MR) is 107 cm³/mol. The molecule has 0 saturated carbocycles. The van der Waals surface area contributed by atoms with E-state index < -0.39 is 0 Å². The van der Waals surface area contributed by atoms with Crippen molar-refractivity contribution < 1.29 is 9.59 Å². The molecular weight excluding hydrogens is 336 g/mol. The summed E-state index contributed by atoms with van der Waals surface area (Å²) in [6.07, 6.45) is 0. The Bertz CT molecular complexity index is 1040. The first-order chi connectivity index (χ1) is 13.1. The second kappa shape index (κ2) is 6.72. The maximum atomic E-state index is 12.5. The van der Waals surface area contributed by atoms with Crippen LogP contribution in [0.5, 0.6) is 0 Å². The SMILES string of the molecule is Cc1cccc(C)c1-c1ccc(NC(=O)c2ccccc2)c2c1CNC2=O. The lowest BCUT2D eigenvalue weighted by molar-refractivity contribution is 0.0966. The third kappa shape index (κ3) is 2.99. The molecule has 1 aliphatic rings. The molecule has 1 heterocycles. The molecule has 3 aromatic carbocycles. The lowest BCUT2D eigenvalue weighted by atomic mass is 9.90. The van der Waals surface area contributed by atoms with Crippen molar-refractivity contribution >= 4 is 17.5 Å². The van der Waals surface area contributed by atoms with Crippen LogP contribution >= 0.6 is 0 Å². The standard InChI is InChI=1S/C23H20N2O2/c1-14-7-6-8-15(2)20(14)17-11-12-19(21-18(17)13-24-23(21)27)25-22(26)16-9-4-3-5-10-16/h3-12H,13H2,1-2H3,(H,24,27)(H,25,26). The molecule has 0 atom stereocenters. The van der Waals surface area contributed by atoms with Crippen LogP contribution in [0.25, 0.3) is 11.1 Å². The van der Waals surface area contributed by atoms with Crippen LogP contribution in [-0.2, 0) is 6.54 Å². The minimum Gasteiger partial charge on any atom is -0.348 e. The monoisotopic (exact) mass is 356 g/mol. The molecule has 4 heteroatoms. The lowest BCUT2D eigenvalue weighted by Crippen LogP contribution is -2.17. The van der Waals surface area contributed by atoms with Gasteiger partial charge in [-0.2, -0.15) is 0 Å². The minimum absolute atomic E-state index is 0.151. The van der Waals surface area contributed by atoms with Crippen LogP contribution in [0.4, 0.5) is 5.69 Å². The first-order valence-electron chi connectivity index (χ1n) is 8.93. The van der Waals surface area contributed by atoms with E-state index in [1.54, 1.807) is 12.1 Å². The summed E-state index contributed by atoms with van der Waals surface area (Å²) in [5.41, 5.74) is 7.10. The van der Waals surface area contributed by atoms with Gasteiger partial charge in [-0.3, -0.25) is 9.59 Å². The number of carbonyl (C=O) groups excluding carboxylic acids is 2. The molecule has 0 bridgehead atoms. The van der Waals surface area contributed by atoms with Gasteiger partial charge in [0.05, 0.1) is 11.3 Å². The maximum Gasteiger partial charge on any atom is 0.255 e. The first-order valence-corrected chi connectivity index (χ1v) is 8.93. The Labute approximate surface area is 158 Å². The molecule has 3 aromatic rings. The van der Waals surface area contributed by atoms with E-state index in [1.807, 2.05) is 36.4 Å². The highest BCUT2D eigenvalue weighted by Crippen LogP contribution is 2.37. The molecule has 27 heavy (non-hydrogen) atoms. The van der Waals surface area contributed by atoms with Gasteiger partial charge in [0.15, 0.2) is 0 Å². The van der Waals surface area contributed by atoms with Gasteiger partial charge in [0, 0.05) is 12.1 Å². The van der Waals surface area contributed by atoms with Gasteiger partial charge >= 0.3 is 0 Å². The summed E-state index contributed by atoms with van der Waals surface area (Å²) in [5.74, 6) is -0.376. The lowest BCUT2D eigenvalue weighted by Gasteiger charge is -2.16. The molecule has 0 saturated heterocycles. The summed E-state index contributed by atoms with van der Waals surface area (Å²) in [7, 11) is 0. The molecule has 4 rings (SSSR count). The average Bonchev–Trinajstić information content (AvgIpc) is 3.06. The highest BCUT2D eigenvalue weighted by Gasteiger charge is 2.27. The van der Waals surface area contributed by atoms with Crippen molar-refractivity contribution in [2.75, 3.05) is 5.32 Å². The molecule has 2 amide bonds. The molecule has 134 valence electrons. The summed E-state index contributed by atoms with van der Waals surface area (Å²) >= 11 is 0. The molecular formula is C23H20N2O2. The molecule has 1 aliphatic heterocycles. The second-order valence-electron chi connectivity index (χ2n) is 6.78. The van der Waals surface area contributed by atoms with Crippen LogP contribution in [0.1, 0.15) is 37.4 Å². The fourth-order valence-electron chi connectivity index (χ4n) is 3.71. The zero-order valence-electron chi connectivity index (χ0n) is 15.3. The number of benzene rings is 3. The fourth-order valence-corrected chi connectivity index (χ4v) is 3.71. The Balaban J connectivity index is 1.80. The van der Waals surface area contributed by atoms with E-state index in [9.17, 15) is 9.59 Å². The normalized spacial score (nSPS) is 12.4. The van der Waals surface area contributed by atoms with E-state index >= 15 is 0 Å². The Morgan fingerprint density at radius 2 is 1.59 bits per heavy atom. The van der Waals surface area contributed by atoms with Crippen LogP contribution in [0.15, 0.2) is 60.7 Å². The van der Waals surface area contributed by atoms with Crippen molar-refractivity contribution in [1.82, 2.24) is 5.32 Å². The molecule has 2 N–H and O–H groups in total. The predicted octanol–water partition coefficient (Wildman–Crippen LogP) is 4.47. The zero-order valence-corrected chi connectivity index (χ0v) is 15.3. The second-order valence-corrected chi connectivity index (χ2v) is 6.78. The number of carbonyl (C=O) groups is 2. The average molecular weight is 356 g/mol. The number of hydrogen-bond donors (Lipinski definition) is 2. The molecule has 0 aliphatic carbocycles. The van der Waals surface area contributed by atoms with Gasteiger partial charge in [0.2, 0.25) is 0 Å². The largest absolute Gasteiger partial charge is 0.348 e. The summed E-state index contributed by atoms with van der Waals surface area (Å²) in [6.45, 7) is 4.61. The molecule has 0 spiro atoms. The maximum absolute atomic E-state index is 12.5. The van der Waals surface area contributed by atoms with Crippen LogP contribution in [0.2, 0.25) is 0 Å². The third-order valence-corrected chi connectivity index (χ3v) is 5.00. The summed E-state index contributed by atoms with van der Waals surface area (Å²) in [4.78, 5) is 25.0. The van der Waals surface area contributed by atoms with Crippen molar-refractivity contribution in [2.45, 2.75) is 20.4 Å². The van der Waals surface area contributed by atoms with Crippen molar-refractivity contribution in [3.63, 3.8) is 0 Å². The van der Waals surface area contributed by atoms with Gasteiger partial charge in [-0.1, -0.05) is 42.5 Å². The number of amides is 2. The van der Waals surface area contributed by atoms with Crippen LogP contribution in [0, 0.1) is 13.8 Å². The first kappa shape index (κ1) is 17.0. The topological polar surface area (TPSA) is 58.2 Å². The van der Waals surface area contributed by atoms with Gasteiger partial charge in [0.1, 0.15) is 0 Å². The number of fused-ring (bicyclic) bond motifs is 1. The van der Waals surface area contributed by atoms with E-state index in [4.69, 9.17) is 0 Å². The van der Waals surface area contributed by atoms with Crippen molar-refractivity contribution in [3.05, 3.63) is 88.5 Å². The van der Waals surface area contributed by atoms with Gasteiger partial charge < -0.3 is 10.6 Å². The van der Waals surface area contributed by atoms with E-state index in [0.717, 1.165) is 27.8 Å². The Morgan fingerprint density at radius 1 is 0.889 bits per heavy atom. The highest BCUT2D eigenvalue weighted by molar-refractivity contribution is 6.11. The number of anilines is 1. The minimum atomic E-state index is -0.225. The van der Waals surface area contributed by atoms with Crippen LogP contribution < -0.4 is 10.6 Å². The van der Waals surface area contributed by atoms with E-state index in [1.165, 1.54) is 0 Å². The Kier molecular flexibility index (Phi) is 4.24. The number of hydrogen-bond acceptors (Lipinski definition) is 2. The Hall–Kier alpha value is -3.40.